The van der Waals surface area contributed by atoms with E-state index in [-0.39, 0.29) is 11.7 Å². The highest BCUT2D eigenvalue weighted by molar-refractivity contribution is 6.31. The summed E-state index contributed by atoms with van der Waals surface area (Å²) in [5.41, 5.74) is 4.69. The molecule has 0 atom stereocenters. The number of carbonyl (C=O) groups is 1. The molecule has 4 heteroatoms. The van der Waals surface area contributed by atoms with Gasteiger partial charge in [-0.1, -0.05) is 18.7 Å². The van der Waals surface area contributed by atoms with Crippen LogP contribution in [-0.4, -0.2) is 24.1 Å². The van der Waals surface area contributed by atoms with Gasteiger partial charge >= 0.3 is 0 Å². The summed E-state index contributed by atoms with van der Waals surface area (Å²) in [5, 5.41) is 13.0. The van der Waals surface area contributed by atoms with Gasteiger partial charge in [0.15, 0.2) is 0 Å². The van der Waals surface area contributed by atoms with Gasteiger partial charge < -0.3 is 15.3 Å². The highest BCUT2D eigenvalue weighted by Gasteiger charge is 2.24. The van der Waals surface area contributed by atoms with Crippen molar-refractivity contribution in [3.63, 3.8) is 0 Å². The van der Waals surface area contributed by atoms with Crippen LogP contribution in [0.15, 0.2) is 43.0 Å². The molecule has 0 aliphatic carbocycles. The van der Waals surface area contributed by atoms with E-state index in [1.54, 1.807) is 6.07 Å². The van der Waals surface area contributed by atoms with E-state index < -0.39 is 0 Å². The second-order valence-electron chi connectivity index (χ2n) is 6.44. The number of anilines is 2. The molecular weight excluding hydrogens is 300 g/mol. The summed E-state index contributed by atoms with van der Waals surface area (Å²) in [5.74, 6) is -0.0449. The zero-order chi connectivity index (χ0) is 16.7. The summed E-state index contributed by atoms with van der Waals surface area (Å²) in [6, 6.07) is 11.7. The van der Waals surface area contributed by atoms with Crippen LogP contribution in [0.3, 0.4) is 0 Å². The number of aromatic hydroxyl groups is 1. The fourth-order valence-corrected chi connectivity index (χ4v) is 3.50. The van der Waals surface area contributed by atoms with Crippen LogP contribution in [0, 0.1) is 0 Å². The predicted molar refractivity (Wildman–Crippen MR) is 97.3 cm³/mol. The van der Waals surface area contributed by atoms with Crippen LogP contribution in [0.1, 0.15) is 24.8 Å². The summed E-state index contributed by atoms with van der Waals surface area (Å²) in [4.78, 5) is 14.1. The number of piperidine rings is 1. The fourth-order valence-electron chi connectivity index (χ4n) is 3.50. The smallest absolute Gasteiger partial charge is 0.255 e. The summed E-state index contributed by atoms with van der Waals surface area (Å²) < 4.78 is 0. The number of phenols is 1. The van der Waals surface area contributed by atoms with Crippen molar-refractivity contribution in [2.75, 3.05) is 23.3 Å². The Kier molecular flexibility index (Phi) is 3.53. The minimum Gasteiger partial charge on any atom is -0.507 e. The molecule has 0 radical (unpaired) electrons. The summed E-state index contributed by atoms with van der Waals surface area (Å²) >= 11 is 0. The molecule has 2 aromatic rings. The molecule has 1 saturated heterocycles. The third-order valence-electron chi connectivity index (χ3n) is 4.88. The van der Waals surface area contributed by atoms with Crippen LogP contribution in [0.25, 0.3) is 16.7 Å². The molecule has 24 heavy (non-hydrogen) atoms. The maximum Gasteiger partial charge on any atom is 0.255 e. The molecule has 0 spiro atoms. The van der Waals surface area contributed by atoms with Gasteiger partial charge in [0.05, 0.1) is 5.69 Å². The minimum atomic E-state index is -0.206. The van der Waals surface area contributed by atoms with Gasteiger partial charge in [0.25, 0.3) is 5.91 Å². The van der Waals surface area contributed by atoms with Crippen LogP contribution in [0.4, 0.5) is 11.4 Å². The molecule has 1 fully saturated rings. The summed E-state index contributed by atoms with van der Waals surface area (Å²) in [6.07, 6.45) is 3.81. The number of amides is 1. The molecule has 1 amide bonds. The van der Waals surface area contributed by atoms with Crippen molar-refractivity contribution in [2.45, 2.75) is 19.3 Å². The summed E-state index contributed by atoms with van der Waals surface area (Å²) in [6.45, 7) is 6.03. The Hall–Kier alpha value is -2.75. The van der Waals surface area contributed by atoms with Gasteiger partial charge in [0.2, 0.25) is 0 Å². The Morgan fingerprint density at radius 2 is 1.71 bits per heavy atom. The first-order valence-electron chi connectivity index (χ1n) is 8.36. The molecule has 4 nitrogen and oxygen atoms in total. The standard InChI is InChI=1S/C20H20N2O2/c1-13-16-11-17(19(23)12-18(16)21-20(13)24)14-5-7-15(8-6-14)22-9-3-2-4-10-22/h5-8,11-12,23H,1-4,9-10H2,(H,21,24). The molecule has 0 unspecified atom stereocenters. The lowest BCUT2D eigenvalue weighted by Gasteiger charge is -2.28. The first-order valence-corrected chi connectivity index (χ1v) is 8.36. The second-order valence-corrected chi connectivity index (χ2v) is 6.44. The first kappa shape index (κ1) is 14.8. The zero-order valence-electron chi connectivity index (χ0n) is 13.5. The highest BCUT2D eigenvalue weighted by Crippen LogP contribution is 2.40. The molecule has 4 rings (SSSR count). The molecule has 2 aliphatic rings. The molecule has 2 N–H and O–H groups in total. The Balaban J connectivity index is 1.67. The highest BCUT2D eigenvalue weighted by atomic mass is 16.3. The van der Waals surface area contributed by atoms with Gasteiger partial charge in [-0.2, -0.15) is 0 Å². The van der Waals surface area contributed by atoms with Crippen LogP contribution < -0.4 is 10.2 Å². The second kappa shape index (κ2) is 5.71. The van der Waals surface area contributed by atoms with Crippen molar-refractivity contribution in [2.24, 2.45) is 0 Å². The average molecular weight is 320 g/mol. The number of rotatable bonds is 2. The summed E-state index contributed by atoms with van der Waals surface area (Å²) in [7, 11) is 0. The molecule has 0 aromatic heterocycles. The molecule has 0 bridgehead atoms. The number of hydrogen-bond donors (Lipinski definition) is 2. The quantitative estimate of drug-likeness (QED) is 0.822. The Morgan fingerprint density at radius 1 is 1.00 bits per heavy atom. The van der Waals surface area contributed by atoms with Gasteiger partial charge in [-0.15, -0.1) is 0 Å². The van der Waals surface area contributed by atoms with E-state index in [1.165, 1.54) is 24.9 Å². The minimum absolute atomic E-state index is 0.162. The Bertz CT molecular complexity index is 818. The van der Waals surface area contributed by atoms with Crippen molar-refractivity contribution < 1.29 is 9.90 Å². The molecular formula is C20H20N2O2. The van der Waals surface area contributed by atoms with Gasteiger partial charge in [-0.25, -0.2) is 0 Å². The lowest BCUT2D eigenvalue weighted by Crippen LogP contribution is -2.29. The van der Waals surface area contributed by atoms with E-state index in [9.17, 15) is 9.90 Å². The molecule has 2 aliphatic heterocycles. The fraction of sp³-hybridized carbons (Fsp3) is 0.250. The van der Waals surface area contributed by atoms with Gasteiger partial charge in [0.1, 0.15) is 5.75 Å². The van der Waals surface area contributed by atoms with E-state index >= 15 is 0 Å². The predicted octanol–water partition coefficient (Wildman–Crippen LogP) is 4.01. The topological polar surface area (TPSA) is 52.6 Å². The van der Waals surface area contributed by atoms with E-state index in [1.807, 2.05) is 18.2 Å². The van der Waals surface area contributed by atoms with Crippen molar-refractivity contribution in [3.05, 3.63) is 48.5 Å². The number of carbonyl (C=O) groups excluding carboxylic acids is 1. The van der Waals surface area contributed by atoms with Crippen molar-refractivity contribution in [3.8, 4) is 16.9 Å². The normalized spacial score (nSPS) is 16.9. The third-order valence-corrected chi connectivity index (χ3v) is 4.88. The number of benzene rings is 2. The maximum atomic E-state index is 11.7. The van der Waals surface area contributed by atoms with E-state index in [2.05, 4.69) is 28.9 Å². The van der Waals surface area contributed by atoms with Crippen LogP contribution in [0.5, 0.6) is 5.75 Å². The zero-order valence-corrected chi connectivity index (χ0v) is 13.5. The largest absolute Gasteiger partial charge is 0.507 e. The van der Waals surface area contributed by atoms with Gasteiger partial charge in [-0.05, 0) is 43.0 Å². The number of phenolic OH excluding ortho intramolecular Hbond substituents is 1. The van der Waals surface area contributed by atoms with Crippen LogP contribution in [0.2, 0.25) is 0 Å². The Morgan fingerprint density at radius 3 is 2.42 bits per heavy atom. The number of nitrogens with one attached hydrogen (secondary N) is 1. The van der Waals surface area contributed by atoms with Crippen molar-refractivity contribution in [1.29, 1.82) is 0 Å². The maximum absolute atomic E-state index is 11.7. The van der Waals surface area contributed by atoms with Crippen molar-refractivity contribution >= 4 is 22.9 Å². The van der Waals surface area contributed by atoms with Crippen LogP contribution in [-0.2, 0) is 4.79 Å². The van der Waals surface area contributed by atoms with Gasteiger partial charge in [-0.3, -0.25) is 4.79 Å². The number of nitrogens with zero attached hydrogens (tertiary/aromatic N) is 1. The average Bonchev–Trinajstić information content (AvgIpc) is 2.89. The lowest BCUT2D eigenvalue weighted by molar-refractivity contribution is -0.110. The first-order chi connectivity index (χ1) is 11.6. The molecule has 0 saturated carbocycles. The SMILES string of the molecule is C=C1C(=O)Nc2cc(O)c(-c3ccc(N4CCCCC4)cc3)cc21. The monoisotopic (exact) mass is 320 g/mol. The molecule has 2 aromatic carbocycles. The third kappa shape index (κ3) is 2.44. The lowest BCUT2D eigenvalue weighted by atomic mass is 9.98. The van der Waals surface area contributed by atoms with Crippen LogP contribution >= 0.6 is 0 Å². The van der Waals surface area contributed by atoms with Crippen molar-refractivity contribution in [1.82, 2.24) is 0 Å². The molecule has 2 heterocycles. The van der Waals surface area contributed by atoms with E-state index in [4.69, 9.17) is 0 Å². The van der Waals surface area contributed by atoms with E-state index in [0.717, 1.165) is 29.8 Å². The van der Waals surface area contributed by atoms with Gasteiger partial charge in [0, 0.05) is 41.5 Å². The Labute approximate surface area is 141 Å². The molecule has 122 valence electrons. The number of hydrogen-bond acceptors (Lipinski definition) is 3. The van der Waals surface area contributed by atoms with E-state index in [0.29, 0.717) is 11.3 Å². The number of fused-ring (bicyclic) bond motifs is 1.